The first-order valence-electron chi connectivity index (χ1n) is 4.72. The predicted molar refractivity (Wildman–Crippen MR) is 66.9 cm³/mol. The summed E-state index contributed by atoms with van der Waals surface area (Å²) in [5, 5.41) is 9.24. The van der Waals surface area contributed by atoms with Gasteiger partial charge in [0.2, 0.25) is 0 Å². The highest BCUT2D eigenvalue weighted by Gasteiger charge is 2.03. The molecule has 0 spiro atoms. The molecule has 1 aromatic rings. The maximum Gasteiger partial charge on any atom is 0.174 e. The van der Waals surface area contributed by atoms with Gasteiger partial charge in [-0.3, -0.25) is 0 Å². The number of rotatable bonds is 5. The highest BCUT2D eigenvalue weighted by molar-refractivity contribution is 9.09. The SMILES string of the molecule is COc1cc(C=CCBr)ccc1OCC#N. The fourth-order valence-electron chi connectivity index (χ4n) is 1.20. The molecule has 0 fully saturated rings. The van der Waals surface area contributed by atoms with Gasteiger partial charge in [0.05, 0.1) is 7.11 Å². The molecule has 4 heteroatoms. The maximum absolute atomic E-state index is 8.43. The van der Waals surface area contributed by atoms with E-state index in [9.17, 15) is 0 Å². The third-order valence-corrected chi connectivity index (χ3v) is 2.25. The number of benzene rings is 1. The summed E-state index contributed by atoms with van der Waals surface area (Å²) in [5.41, 5.74) is 1.03. The van der Waals surface area contributed by atoms with Crippen molar-refractivity contribution in [3.63, 3.8) is 0 Å². The molecule has 0 aliphatic rings. The van der Waals surface area contributed by atoms with Crippen LogP contribution in [-0.4, -0.2) is 19.0 Å². The van der Waals surface area contributed by atoms with Gasteiger partial charge in [-0.25, -0.2) is 0 Å². The van der Waals surface area contributed by atoms with Gasteiger partial charge in [-0.2, -0.15) is 5.26 Å². The smallest absolute Gasteiger partial charge is 0.174 e. The minimum absolute atomic E-state index is 0.0208. The van der Waals surface area contributed by atoms with Gasteiger partial charge in [-0.05, 0) is 17.7 Å². The Hall–Kier alpha value is -1.47. The zero-order chi connectivity index (χ0) is 11.8. The zero-order valence-corrected chi connectivity index (χ0v) is 10.5. The number of nitriles is 1. The van der Waals surface area contributed by atoms with E-state index in [-0.39, 0.29) is 6.61 Å². The van der Waals surface area contributed by atoms with E-state index in [2.05, 4.69) is 15.9 Å². The molecule has 0 bridgehead atoms. The Labute approximate surface area is 103 Å². The Morgan fingerprint density at radius 2 is 2.25 bits per heavy atom. The maximum atomic E-state index is 8.43. The van der Waals surface area contributed by atoms with Crippen LogP contribution in [0.5, 0.6) is 11.5 Å². The van der Waals surface area contributed by atoms with Crippen LogP contribution in [0.25, 0.3) is 6.08 Å². The summed E-state index contributed by atoms with van der Waals surface area (Å²) < 4.78 is 10.4. The summed E-state index contributed by atoms with van der Waals surface area (Å²) in [6.07, 6.45) is 3.97. The van der Waals surface area contributed by atoms with Crippen molar-refractivity contribution < 1.29 is 9.47 Å². The van der Waals surface area contributed by atoms with Crippen molar-refractivity contribution in [1.82, 2.24) is 0 Å². The van der Waals surface area contributed by atoms with Gasteiger partial charge in [0.15, 0.2) is 18.1 Å². The van der Waals surface area contributed by atoms with E-state index >= 15 is 0 Å². The molecule has 0 aliphatic carbocycles. The van der Waals surface area contributed by atoms with Crippen molar-refractivity contribution in [3.8, 4) is 17.6 Å². The van der Waals surface area contributed by atoms with Crippen LogP contribution in [0.1, 0.15) is 5.56 Å². The van der Waals surface area contributed by atoms with Crippen LogP contribution >= 0.6 is 15.9 Å². The van der Waals surface area contributed by atoms with Crippen molar-refractivity contribution in [1.29, 1.82) is 5.26 Å². The molecule has 84 valence electrons. The van der Waals surface area contributed by atoms with Gasteiger partial charge in [0, 0.05) is 5.33 Å². The summed E-state index contributed by atoms with van der Waals surface area (Å²) in [5.74, 6) is 1.21. The first-order chi connectivity index (χ1) is 7.81. The monoisotopic (exact) mass is 281 g/mol. The molecule has 1 aromatic carbocycles. The van der Waals surface area contributed by atoms with Crippen LogP contribution in [0.15, 0.2) is 24.3 Å². The molecule has 0 N–H and O–H groups in total. The first kappa shape index (κ1) is 12.6. The van der Waals surface area contributed by atoms with Crippen molar-refractivity contribution in [3.05, 3.63) is 29.8 Å². The average Bonchev–Trinajstić information content (AvgIpc) is 2.34. The minimum Gasteiger partial charge on any atom is -0.493 e. The number of methoxy groups -OCH3 is 1. The fourth-order valence-corrected chi connectivity index (χ4v) is 1.38. The lowest BCUT2D eigenvalue weighted by atomic mass is 10.2. The minimum atomic E-state index is 0.0208. The molecule has 0 heterocycles. The molecule has 0 atom stereocenters. The molecule has 0 saturated heterocycles. The molecule has 16 heavy (non-hydrogen) atoms. The summed E-state index contributed by atoms with van der Waals surface area (Å²) in [7, 11) is 1.58. The summed E-state index contributed by atoms with van der Waals surface area (Å²) in [6.45, 7) is 0.0208. The molecular formula is C12H12BrNO2. The lowest BCUT2D eigenvalue weighted by molar-refractivity contribution is 0.329. The number of hydrogen-bond donors (Lipinski definition) is 0. The molecule has 0 saturated carbocycles. The van der Waals surface area contributed by atoms with Crippen LogP contribution < -0.4 is 9.47 Å². The summed E-state index contributed by atoms with van der Waals surface area (Å²) >= 11 is 3.31. The number of nitrogens with zero attached hydrogens (tertiary/aromatic N) is 1. The van der Waals surface area contributed by atoms with Gasteiger partial charge < -0.3 is 9.47 Å². The van der Waals surface area contributed by atoms with Gasteiger partial charge in [0.1, 0.15) is 6.07 Å². The molecular weight excluding hydrogens is 270 g/mol. The van der Waals surface area contributed by atoms with Gasteiger partial charge in [-0.15, -0.1) is 0 Å². The molecule has 0 unspecified atom stereocenters. The Bertz CT molecular complexity index is 410. The number of halogens is 1. The Morgan fingerprint density at radius 1 is 1.44 bits per heavy atom. The van der Waals surface area contributed by atoms with Crippen LogP contribution in [0.2, 0.25) is 0 Å². The second-order valence-electron chi connectivity index (χ2n) is 2.91. The summed E-state index contributed by atoms with van der Waals surface area (Å²) in [4.78, 5) is 0. The highest BCUT2D eigenvalue weighted by Crippen LogP contribution is 2.28. The van der Waals surface area contributed by atoms with Gasteiger partial charge >= 0.3 is 0 Å². The largest absolute Gasteiger partial charge is 0.493 e. The van der Waals surface area contributed by atoms with E-state index in [4.69, 9.17) is 14.7 Å². The highest BCUT2D eigenvalue weighted by atomic mass is 79.9. The standard InChI is InChI=1S/C12H12BrNO2/c1-15-12-9-10(3-2-6-13)4-5-11(12)16-8-7-14/h2-5,9H,6,8H2,1H3. The number of ether oxygens (including phenoxy) is 2. The number of allylic oxidation sites excluding steroid dienone is 1. The fraction of sp³-hybridized carbons (Fsp3) is 0.250. The molecule has 1 rings (SSSR count). The quantitative estimate of drug-likeness (QED) is 0.780. The number of hydrogen-bond acceptors (Lipinski definition) is 3. The lowest BCUT2D eigenvalue weighted by Gasteiger charge is -2.08. The van der Waals surface area contributed by atoms with E-state index < -0.39 is 0 Å². The Kier molecular flexibility index (Phi) is 5.44. The molecule has 0 amide bonds. The molecule has 0 radical (unpaired) electrons. The van der Waals surface area contributed by atoms with Crippen molar-refractivity contribution in [2.45, 2.75) is 0 Å². The van der Waals surface area contributed by atoms with Gasteiger partial charge in [0.25, 0.3) is 0 Å². The van der Waals surface area contributed by atoms with E-state index in [0.717, 1.165) is 10.9 Å². The van der Waals surface area contributed by atoms with Gasteiger partial charge in [-0.1, -0.05) is 34.1 Å². The topological polar surface area (TPSA) is 42.2 Å². The molecule has 0 aromatic heterocycles. The lowest BCUT2D eigenvalue weighted by Crippen LogP contribution is -1.96. The van der Waals surface area contributed by atoms with Crippen LogP contribution in [0, 0.1) is 11.3 Å². The van der Waals surface area contributed by atoms with E-state index in [1.54, 1.807) is 13.2 Å². The molecule has 3 nitrogen and oxygen atoms in total. The first-order valence-corrected chi connectivity index (χ1v) is 5.84. The Balaban J connectivity index is 2.89. The van der Waals surface area contributed by atoms with Crippen molar-refractivity contribution in [2.75, 3.05) is 19.0 Å². The van der Waals surface area contributed by atoms with Crippen molar-refractivity contribution in [2.24, 2.45) is 0 Å². The predicted octanol–water partition coefficient (Wildman–Crippen LogP) is 3.01. The third-order valence-electron chi connectivity index (χ3n) is 1.88. The summed E-state index contributed by atoms with van der Waals surface area (Å²) in [6, 6.07) is 7.49. The number of alkyl halides is 1. The van der Waals surface area contributed by atoms with Crippen LogP contribution in [-0.2, 0) is 0 Å². The van der Waals surface area contributed by atoms with E-state index in [1.165, 1.54) is 0 Å². The van der Waals surface area contributed by atoms with Crippen LogP contribution in [0.3, 0.4) is 0 Å². The second kappa shape index (κ2) is 6.91. The Morgan fingerprint density at radius 3 is 2.88 bits per heavy atom. The third kappa shape index (κ3) is 3.59. The zero-order valence-electron chi connectivity index (χ0n) is 8.94. The van der Waals surface area contributed by atoms with E-state index in [1.807, 2.05) is 30.4 Å². The second-order valence-corrected chi connectivity index (χ2v) is 3.56. The van der Waals surface area contributed by atoms with Crippen molar-refractivity contribution >= 4 is 22.0 Å². The average molecular weight is 282 g/mol. The van der Waals surface area contributed by atoms with Crippen LogP contribution in [0.4, 0.5) is 0 Å². The van der Waals surface area contributed by atoms with E-state index in [0.29, 0.717) is 11.5 Å². The normalized spacial score (nSPS) is 10.1. The molecule has 0 aliphatic heterocycles.